The molecule has 3 heterocycles. The van der Waals surface area contributed by atoms with Gasteiger partial charge in [0, 0.05) is 27.7 Å². The molecule has 0 fully saturated rings. The van der Waals surface area contributed by atoms with Crippen LogP contribution >= 0.6 is 23.1 Å². The predicted molar refractivity (Wildman–Crippen MR) is 165 cm³/mol. The van der Waals surface area contributed by atoms with Crippen molar-refractivity contribution in [1.29, 1.82) is 0 Å². The minimum Gasteiger partial charge on any atom is -0.457 e. The minimum absolute atomic E-state index is 0.0238. The van der Waals surface area contributed by atoms with Crippen molar-refractivity contribution in [1.82, 2.24) is 4.57 Å². The molecule has 0 spiro atoms. The van der Waals surface area contributed by atoms with Gasteiger partial charge in [0.2, 0.25) is 0 Å². The third-order valence-corrected chi connectivity index (χ3v) is 9.51. The summed E-state index contributed by atoms with van der Waals surface area (Å²) in [5.74, 6) is 1.30. The van der Waals surface area contributed by atoms with E-state index >= 15 is 0 Å². The number of thioether (sulfide) groups is 1. The first kappa shape index (κ1) is 25.7. The lowest BCUT2D eigenvalue weighted by molar-refractivity contribution is 0.101. The smallest absolute Gasteiger partial charge is 0.271 e. The van der Waals surface area contributed by atoms with Crippen molar-refractivity contribution in [2.24, 2.45) is 4.99 Å². The fourth-order valence-electron chi connectivity index (χ4n) is 5.69. The lowest BCUT2D eigenvalue weighted by Crippen LogP contribution is -2.38. The van der Waals surface area contributed by atoms with Crippen LogP contribution in [-0.2, 0) is 6.42 Å². The van der Waals surface area contributed by atoms with Crippen molar-refractivity contribution < 1.29 is 9.21 Å². The Labute approximate surface area is 245 Å². The Bertz CT molecular complexity index is 2030. The number of nitrogens with zero attached hydrogens (tertiary/aromatic N) is 2. The maximum atomic E-state index is 14.0. The molecule has 1 unspecified atom stereocenters. The van der Waals surface area contributed by atoms with Gasteiger partial charge in [-0.15, -0.1) is 11.8 Å². The highest BCUT2D eigenvalue weighted by Gasteiger charge is 2.32. The first-order valence-corrected chi connectivity index (χ1v) is 15.5. The van der Waals surface area contributed by atoms with Crippen LogP contribution in [0.25, 0.3) is 23.1 Å². The molecular formula is C34H26N2O3S2. The molecule has 3 aromatic carbocycles. The van der Waals surface area contributed by atoms with Gasteiger partial charge < -0.3 is 4.42 Å². The van der Waals surface area contributed by atoms with E-state index in [9.17, 15) is 9.59 Å². The average molecular weight is 575 g/mol. The second kappa shape index (κ2) is 10.3. The SMILES string of the molecule is CSc1ccc(C2C3=C(N=c4s/c(=C\c5ccc(-c6ccc(C(C)=O)cc6)o5)c(=O)n42)c2ccccc2CC3)cc1. The number of furan rings is 1. The molecule has 202 valence electrons. The highest BCUT2D eigenvalue weighted by molar-refractivity contribution is 7.98. The van der Waals surface area contributed by atoms with Gasteiger partial charge in [-0.3, -0.25) is 14.2 Å². The predicted octanol–water partition coefficient (Wildman–Crippen LogP) is 6.50. The zero-order valence-electron chi connectivity index (χ0n) is 22.6. The van der Waals surface area contributed by atoms with Gasteiger partial charge in [0.25, 0.3) is 5.56 Å². The molecule has 7 rings (SSSR count). The van der Waals surface area contributed by atoms with Gasteiger partial charge in [-0.2, -0.15) is 0 Å². The molecule has 0 saturated heterocycles. The number of carbonyl (C=O) groups is 1. The normalized spacial score (nSPS) is 16.1. The summed E-state index contributed by atoms with van der Waals surface area (Å²) in [6, 6.07) is 27.9. The van der Waals surface area contributed by atoms with E-state index in [-0.39, 0.29) is 17.4 Å². The molecule has 1 aliphatic heterocycles. The molecule has 5 aromatic rings. The second-order valence-corrected chi connectivity index (χ2v) is 12.1. The summed E-state index contributed by atoms with van der Waals surface area (Å²) in [5.41, 5.74) is 7.18. The molecule has 0 amide bonds. The monoisotopic (exact) mass is 574 g/mol. The number of thiazole rings is 1. The van der Waals surface area contributed by atoms with E-state index in [0.29, 0.717) is 26.4 Å². The third-order valence-electron chi connectivity index (χ3n) is 7.78. The molecule has 1 aliphatic carbocycles. The molecule has 0 bridgehead atoms. The Kier molecular flexibility index (Phi) is 6.48. The number of ketones is 1. The van der Waals surface area contributed by atoms with E-state index in [0.717, 1.165) is 35.2 Å². The van der Waals surface area contributed by atoms with Crippen LogP contribution in [0.4, 0.5) is 0 Å². The van der Waals surface area contributed by atoms with Crippen molar-refractivity contribution in [3.8, 4) is 11.3 Å². The summed E-state index contributed by atoms with van der Waals surface area (Å²) in [7, 11) is 0. The summed E-state index contributed by atoms with van der Waals surface area (Å²) in [6.45, 7) is 1.55. The molecule has 0 N–H and O–H groups in total. The van der Waals surface area contributed by atoms with Crippen LogP contribution in [0.5, 0.6) is 0 Å². The highest BCUT2D eigenvalue weighted by Crippen LogP contribution is 2.41. The average Bonchev–Trinajstić information content (AvgIpc) is 3.60. The zero-order valence-corrected chi connectivity index (χ0v) is 24.2. The van der Waals surface area contributed by atoms with E-state index in [2.05, 4.69) is 54.8 Å². The second-order valence-electron chi connectivity index (χ2n) is 10.2. The first-order chi connectivity index (χ1) is 20.0. The van der Waals surface area contributed by atoms with Crippen molar-refractivity contribution in [2.75, 3.05) is 6.26 Å². The summed E-state index contributed by atoms with van der Waals surface area (Å²) in [4.78, 5) is 32.6. The van der Waals surface area contributed by atoms with Crippen LogP contribution in [0.1, 0.15) is 52.2 Å². The summed E-state index contributed by atoms with van der Waals surface area (Å²) >= 11 is 3.10. The molecule has 7 heteroatoms. The largest absolute Gasteiger partial charge is 0.457 e. The Balaban J connectivity index is 1.35. The van der Waals surface area contributed by atoms with E-state index in [1.807, 2.05) is 34.9 Å². The van der Waals surface area contributed by atoms with Crippen molar-refractivity contribution in [3.05, 3.63) is 138 Å². The molecule has 2 aliphatic rings. The van der Waals surface area contributed by atoms with Crippen molar-refractivity contribution in [3.63, 3.8) is 0 Å². The van der Waals surface area contributed by atoms with Gasteiger partial charge in [0.15, 0.2) is 10.6 Å². The Morgan fingerprint density at radius 2 is 1.78 bits per heavy atom. The first-order valence-electron chi connectivity index (χ1n) is 13.5. The van der Waals surface area contributed by atoms with Crippen molar-refractivity contribution in [2.45, 2.75) is 30.7 Å². The number of fused-ring (bicyclic) bond motifs is 3. The number of hydrogen-bond donors (Lipinski definition) is 0. The molecule has 5 nitrogen and oxygen atoms in total. The third kappa shape index (κ3) is 4.55. The van der Waals surface area contributed by atoms with Gasteiger partial charge >= 0.3 is 0 Å². The Hall–Kier alpha value is -4.20. The fourth-order valence-corrected chi connectivity index (χ4v) is 7.08. The summed E-state index contributed by atoms with van der Waals surface area (Å²) in [5, 5.41) is 0. The number of hydrogen-bond acceptors (Lipinski definition) is 6. The van der Waals surface area contributed by atoms with Crippen LogP contribution in [0.2, 0.25) is 0 Å². The maximum absolute atomic E-state index is 14.0. The molecule has 0 radical (unpaired) electrons. The maximum Gasteiger partial charge on any atom is 0.271 e. The van der Waals surface area contributed by atoms with E-state index in [1.54, 1.807) is 30.8 Å². The zero-order chi connectivity index (χ0) is 28.1. The van der Waals surface area contributed by atoms with Crippen LogP contribution in [0.3, 0.4) is 0 Å². The van der Waals surface area contributed by atoms with Crippen LogP contribution in [0, 0.1) is 0 Å². The number of benzene rings is 3. The quantitative estimate of drug-likeness (QED) is 0.178. The minimum atomic E-state index is -0.209. The number of carbonyl (C=O) groups excluding carboxylic acids is 1. The lowest BCUT2D eigenvalue weighted by Gasteiger charge is -2.30. The van der Waals surface area contributed by atoms with E-state index in [4.69, 9.17) is 9.41 Å². The van der Waals surface area contributed by atoms with E-state index in [1.165, 1.54) is 27.4 Å². The summed E-state index contributed by atoms with van der Waals surface area (Å²) < 4.78 is 8.56. The van der Waals surface area contributed by atoms with Gasteiger partial charge in [-0.25, -0.2) is 4.99 Å². The standard InChI is InChI=1S/C34H26N2O3S2/c1-20(37)21-7-9-23(10-8-21)29-18-14-25(39-29)19-30-33(38)36-32(24-11-15-26(40-2)16-12-24)28-17-13-22-5-3-4-6-27(22)31(28)35-34(36)41-30/h3-12,14-16,18-19,32H,13,17H2,1-2H3/b30-19-. The molecule has 2 aromatic heterocycles. The number of aryl methyl sites for hydroxylation is 1. The van der Waals surface area contributed by atoms with Crippen LogP contribution < -0.4 is 14.9 Å². The number of aromatic nitrogens is 1. The lowest BCUT2D eigenvalue weighted by atomic mass is 9.83. The molecular weight excluding hydrogens is 549 g/mol. The van der Waals surface area contributed by atoms with Gasteiger partial charge in [-0.1, -0.05) is 72.0 Å². The Morgan fingerprint density at radius 1 is 1.00 bits per heavy atom. The molecule has 0 saturated carbocycles. The fraction of sp³-hybridized carbons (Fsp3) is 0.147. The van der Waals surface area contributed by atoms with Gasteiger partial charge in [0.05, 0.1) is 16.3 Å². The molecule has 1 atom stereocenters. The Morgan fingerprint density at radius 3 is 2.54 bits per heavy atom. The number of allylic oxidation sites excluding steroid dienone is 1. The van der Waals surface area contributed by atoms with Crippen LogP contribution in [0.15, 0.2) is 110 Å². The number of rotatable bonds is 5. The van der Waals surface area contributed by atoms with E-state index < -0.39 is 0 Å². The van der Waals surface area contributed by atoms with Gasteiger partial charge in [0.1, 0.15) is 11.5 Å². The topological polar surface area (TPSA) is 64.6 Å². The summed E-state index contributed by atoms with van der Waals surface area (Å²) in [6.07, 6.45) is 5.66. The number of Topliss-reactive ketones (excluding diaryl/α,β-unsaturated/α-hetero) is 1. The van der Waals surface area contributed by atoms with Gasteiger partial charge in [-0.05, 0) is 67.0 Å². The van der Waals surface area contributed by atoms with Crippen molar-refractivity contribution >= 4 is 40.7 Å². The highest BCUT2D eigenvalue weighted by atomic mass is 32.2. The molecule has 41 heavy (non-hydrogen) atoms. The van der Waals surface area contributed by atoms with Crippen LogP contribution in [-0.4, -0.2) is 16.6 Å².